The lowest BCUT2D eigenvalue weighted by Gasteiger charge is -2.28. The molecule has 1 aromatic rings. The van der Waals surface area contributed by atoms with Gasteiger partial charge in [0.15, 0.2) is 0 Å². The number of hydrogen-bond acceptors (Lipinski definition) is 4. The molecule has 0 unspecified atom stereocenters. The summed E-state index contributed by atoms with van der Waals surface area (Å²) in [5.41, 5.74) is 0. The third kappa shape index (κ3) is 3.81. The van der Waals surface area contributed by atoms with E-state index in [0.717, 1.165) is 24.3 Å². The topological polar surface area (TPSA) is 49.4 Å². The summed E-state index contributed by atoms with van der Waals surface area (Å²) in [5, 5.41) is 3.31. The fraction of sp³-hybridized carbons (Fsp3) is 0.714. The van der Waals surface area contributed by atoms with Crippen molar-refractivity contribution in [2.75, 3.05) is 13.1 Å². The Morgan fingerprint density at radius 2 is 2.00 bits per heavy atom. The molecule has 0 aliphatic carbocycles. The van der Waals surface area contributed by atoms with E-state index < -0.39 is 10.0 Å². The fourth-order valence-corrected chi connectivity index (χ4v) is 5.18. The largest absolute Gasteiger partial charge is 0.310 e. The number of nitrogens with one attached hydrogen (secondary N) is 1. The Morgan fingerprint density at radius 1 is 1.35 bits per heavy atom. The average molecular weight is 316 g/mol. The monoisotopic (exact) mass is 316 g/mol. The van der Waals surface area contributed by atoms with Gasteiger partial charge in [-0.25, -0.2) is 8.42 Å². The fourth-order valence-electron chi connectivity index (χ4n) is 2.25. The number of thiophene rings is 1. The molecule has 0 aromatic carbocycles. The minimum atomic E-state index is -3.28. The van der Waals surface area contributed by atoms with Gasteiger partial charge in [0.25, 0.3) is 10.0 Å². The minimum absolute atomic E-state index is 0.403. The maximum absolute atomic E-state index is 12.6. The van der Waals surface area contributed by atoms with E-state index in [0.29, 0.717) is 29.3 Å². The zero-order chi connectivity index (χ0) is 14.8. The third-order valence-corrected chi connectivity index (χ3v) is 7.11. The zero-order valence-corrected chi connectivity index (χ0v) is 14.1. The maximum atomic E-state index is 12.6. The van der Waals surface area contributed by atoms with Crippen molar-refractivity contribution in [3.05, 3.63) is 17.0 Å². The highest BCUT2D eigenvalue weighted by Crippen LogP contribution is 2.28. The first-order valence-corrected chi connectivity index (χ1v) is 9.47. The maximum Gasteiger partial charge on any atom is 0.252 e. The summed E-state index contributed by atoms with van der Waals surface area (Å²) in [4.78, 5) is 1.07. The van der Waals surface area contributed by atoms with Crippen LogP contribution in [-0.4, -0.2) is 31.9 Å². The second kappa shape index (κ2) is 6.56. The number of hydrogen-bond donors (Lipinski definition) is 1. The summed E-state index contributed by atoms with van der Waals surface area (Å²) in [7, 11) is -3.28. The molecular weight excluding hydrogens is 292 g/mol. The average Bonchev–Trinajstić information content (AvgIpc) is 2.86. The van der Waals surface area contributed by atoms with Gasteiger partial charge in [-0.15, -0.1) is 11.3 Å². The lowest BCUT2D eigenvalue weighted by molar-refractivity contribution is 0.288. The Hall–Kier alpha value is -0.430. The van der Waals surface area contributed by atoms with Gasteiger partial charge in [0.05, 0.1) is 0 Å². The van der Waals surface area contributed by atoms with Crippen LogP contribution in [0.25, 0.3) is 0 Å². The molecule has 1 fully saturated rings. The van der Waals surface area contributed by atoms with Gasteiger partial charge in [-0.2, -0.15) is 4.31 Å². The second-order valence-electron chi connectivity index (χ2n) is 5.84. The normalized spacial score (nSPS) is 18.8. The van der Waals surface area contributed by atoms with Gasteiger partial charge in [-0.3, -0.25) is 0 Å². The predicted octanol–water partition coefficient (Wildman–Crippen LogP) is 2.67. The van der Waals surface area contributed by atoms with Crippen LogP contribution in [0.15, 0.2) is 16.3 Å². The van der Waals surface area contributed by atoms with Crippen molar-refractivity contribution in [3.8, 4) is 0 Å². The summed E-state index contributed by atoms with van der Waals surface area (Å²) in [5.74, 6) is 0.635. The molecule has 2 heterocycles. The molecule has 0 bridgehead atoms. The molecule has 0 saturated carbocycles. The van der Waals surface area contributed by atoms with Crippen molar-refractivity contribution in [2.45, 2.75) is 50.4 Å². The van der Waals surface area contributed by atoms with Crippen LogP contribution >= 0.6 is 11.3 Å². The molecule has 2 rings (SSSR count). The van der Waals surface area contributed by atoms with Crippen LogP contribution in [0.3, 0.4) is 0 Å². The number of sulfonamides is 1. The quantitative estimate of drug-likeness (QED) is 0.908. The van der Waals surface area contributed by atoms with Gasteiger partial charge in [0, 0.05) is 30.6 Å². The van der Waals surface area contributed by atoms with Gasteiger partial charge >= 0.3 is 0 Å². The summed E-state index contributed by atoms with van der Waals surface area (Å²) in [6.45, 7) is 8.39. The number of nitrogens with zero attached hydrogens (tertiary/aromatic N) is 1. The summed E-state index contributed by atoms with van der Waals surface area (Å²) in [6.07, 6.45) is 1.93. The van der Waals surface area contributed by atoms with Crippen molar-refractivity contribution in [1.82, 2.24) is 9.62 Å². The van der Waals surface area contributed by atoms with E-state index in [-0.39, 0.29) is 0 Å². The Balaban J connectivity index is 2.06. The van der Waals surface area contributed by atoms with Crippen LogP contribution in [0.2, 0.25) is 0 Å². The Labute approximate surface area is 126 Å². The smallest absolute Gasteiger partial charge is 0.252 e. The molecule has 0 amide bonds. The van der Waals surface area contributed by atoms with Crippen molar-refractivity contribution in [3.63, 3.8) is 0 Å². The first kappa shape index (κ1) is 15.9. The van der Waals surface area contributed by atoms with E-state index in [1.54, 1.807) is 10.4 Å². The molecular formula is C14H24N2O2S2. The molecule has 1 aliphatic heterocycles. The van der Waals surface area contributed by atoms with Crippen LogP contribution in [-0.2, 0) is 16.6 Å². The molecule has 0 spiro atoms. The van der Waals surface area contributed by atoms with E-state index in [2.05, 4.69) is 26.1 Å². The molecule has 1 aliphatic rings. The molecule has 4 nitrogen and oxygen atoms in total. The van der Waals surface area contributed by atoms with Gasteiger partial charge in [-0.05, 0) is 30.9 Å². The SMILES string of the molecule is CC1CCN(S(=O)(=O)c2ccc(CNC(C)C)s2)CC1. The summed E-state index contributed by atoms with van der Waals surface area (Å²) >= 11 is 1.38. The Kier molecular flexibility index (Phi) is 5.23. The molecule has 1 N–H and O–H groups in total. The highest BCUT2D eigenvalue weighted by molar-refractivity contribution is 7.91. The predicted molar refractivity (Wildman–Crippen MR) is 83.5 cm³/mol. The number of piperidine rings is 1. The van der Waals surface area contributed by atoms with Gasteiger partial charge in [0.2, 0.25) is 0 Å². The number of rotatable bonds is 5. The van der Waals surface area contributed by atoms with Crippen LogP contribution in [0.1, 0.15) is 38.5 Å². The lowest BCUT2D eigenvalue weighted by Crippen LogP contribution is -2.37. The van der Waals surface area contributed by atoms with Crippen molar-refractivity contribution in [1.29, 1.82) is 0 Å². The van der Waals surface area contributed by atoms with Gasteiger partial charge in [0.1, 0.15) is 4.21 Å². The van der Waals surface area contributed by atoms with E-state index in [1.807, 2.05) is 6.07 Å². The van der Waals surface area contributed by atoms with Crippen molar-refractivity contribution in [2.24, 2.45) is 5.92 Å². The first-order chi connectivity index (χ1) is 9.39. The molecule has 114 valence electrons. The van der Waals surface area contributed by atoms with E-state index >= 15 is 0 Å². The lowest BCUT2D eigenvalue weighted by atomic mass is 10.0. The molecule has 20 heavy (non-hydrogen) atoms. The van der Waals surface area contributed by atoms with E-state index in [4.69, 9.17) is 0 Å². The molecule has 1 saturated heterocycles. The Bertz CT molecular complexity index is 529. The summed E-state index contributed by atoms with van der Waals surface area (Å²) < 4.78 is 27.2. The second-order valence-corrected chi connectivity index (χ2v) is 9.18. The highest BCUT2D eigenvalue weighted by Gasteiger charge is 2.29. The van der Waals surface area contributed by atoms with Crippen molar-refractivity contribution >= 4 is 21.4 Å². The first-order valence-electron chi connectivity index (χ1n) is 7.22. The zero-order valence-electron chi connectivity index (χ0n) is 12.4. The van der Waals surface area contributed by atoms with Gasteiger partial charge < -0.3 is 5.32 Å². The molecule has 0 atom stereocenters. The van der Waals surface area contributed by atoms with Crippen LogP contribution in [0, 0.1) is 5.92 Å². The molecule has 0 radical (unpaired) electrons. The summed E-state index contributed by atoms with van der Waals surface area (Å²) in [6, 6.07) is 4.07. The Morgan fingerprint density at radius 3 is 2.60 bits per heavy atom. The standard InChI is InChI=1S/C14H24N2O2S2/c1-11(2)15-10-13-4-5-14(19-13)20(17,18)16-8-6-12(3)7-9-16/h4-5,11-12,15H,6-10H2,1-3H3. The van der Waals surface area contributed by atoms with E-state index in [1.165, 1.54) is 11.3 Å². The molecule has 1 aromatic heterocycles. The van der Waals surface area contributed by atoms with Crippen LogP contribution in [0.5, 0.6) is 0 Å². The highest BCUT2D eigenvalue weighted by atomic mass is 32.2. The van der Waals surface area contributed by atoms with Crippen LogP contribution < -0.4 is 5.32 Å². The molecule has 6 heteroatoms. The van der Waals surface area contributed by atoms with Crippen LogP contribution in [0.4, 0.5) is 0 Å². The van der Waals surface area contributed by atoms with Crippen molar-refractivity contribution < 1.29 is 8.42 Å². The third-order valence-electron chi connectivity index (χ3n) is 3.66. The minimum Gasteiger partial charge on any atom is -0.310 e. The van der Waals surface area contributed by atoms with Gasteiger partial charge in [-0.1, -0.05) is 20.8 Å². The van der Waals surface area contributed by atoms with E-state index in [9.17, 15) is 8.42 Å².